The highest BCUT2D eigenvalue weighted by Crippen LogP contribution is 2.51. The van der Waals surface area contributed by atoms with E-state index in [-0.39, 0.29) is 29.4 Å². The van der Waals surface area contributed by atoms with Gasteiger partial charge >= 0.3 is 0 Å². The standard InChI is InChI=1S/C14H22N4O2.HI/c1-14(2)11(10-5-6-19-12(10)14)17-13(15-3)16-8-9-4-7-20-18-9;/h4,7,10-12H,5-6,8H2,1-3H3,(H2,15,16,17);1H. The van der Waals surface area contributed by atoms with Gasteiger partial charge in [-0.15, -0.1) is 24.0 Å². The van der Waals surface area contributed by atoms with Crippen LogP contribution in [0.2, 0.25) is 0 Å². The van der Waals surface area contributed by atoms with E-state index < -0.39 is 0 Å². The minimum absolute atomic E-state index is 0. The van der Waals surface area contributed by atoms with Crippen molar-refractivity contribution in [2.45, 2.75) is 39.0 Å². The average Bonchev–Trinajstić information content (AvgIpc) is 3.08. The monoisotopic (exact) mass is 406 g/mol. The molecular formula is C14H23IN4O2. The third-order valence-corrected chi connectivity index (χ3v) is 4.54. The van der Waals surface area contributed by atoms with E-state index in [0.29, 0.717) is 24.6 Å². The highest BCUT2D eigenvalue weighted by molar-refractivity contribution is 14.0. The van der Waals surface area contributed by atoms with E-state index in [9.17, 15) is 0 Å². The summed E-state index contributed by atoms with van der Waals surface area (Å²) in [5, 5.41) is 10.7. The smallest absolute Gasteiger partial charge is 0.191 e. The number of fused-ring (bicyclic) bond motifs is 1. The van der Waals surface area contributed by atoms with Crippen molar-refractivity contribution in [2.75, 3.05) is 13.7 Å². The number of ether oxygens (including phenoxy) is 1. The third kappa shape index (κ3) is 3.03. The molecule has 3 atom stereocenters. The SMILES string of the molecule is CN=C(NCc1ccon1)NC1C2CCOC2C1(C)C.I. The van der Waals surface area contributed by atoms with Crippen molar-refractivity contribution in [2.24, 2.45) is 16.3 Å². The fourth-order valence-electron chi connectivity index (χ4n) is 3.46. The van der Waals surface area contributed by atoms with Crippen LogP contribution in [0.5, 0.6) is 0 Å². The summed E-state index contributed by atoms with van der Waals surface area (Å²) in [5.41, 5.74) is 1.01. The maximum atomic E-state index is 5.81. The molecule has 1 aromatic rings. The van der Waals surface area contributed by atoms with E-state index >= 15 is 0 Å². The lowest BCUT2D eigenvalue weighted by atomic mass is 9.57. The lowest BCUT2D eigenvalue weighted by Gasteiger charge is -2.54. The van der Waals surface area contributed by atoms with E-state index in [1.54, 1.807) is 13.3 Å². The van der Waals surface area contributed by atoms with Crippen LogP contribution in [0, 0.1) is 11.3 Å². The fourth-order valence-corrected chi connectivity index (χ4v) is 3.46. The van der Waals surface area contributed by atoms with Crippen LogP contribution in [0.1, 0.15) is 26.0 Å². The Bertz CT molecular complexity index is 489. The molecule has 7 heteroatoms. The molecule has 2 fully saturated rings. The topological polar surface area (TPSA) is 71.7 Å². The van der Waals surface area contributed by atoms with E-state index in [1.165, 1.54) is 0 Å². The summed E-state index contributed by atoms with van der Waals surface area (Å²) in [6.07, 6.45) is 3.09. The molecule has 0 spiro atoms. The predicted molar refractivity (Wildman–Crippen MR) is 90.7 cm³/mol. The van der Waals surface area contributed by atoms with Crippen LogP contribution in [0.15, 0.2) is 21.8 Å². The first kappa shape index (κ1) is 16.5. The number of halogens is 1. The number of nitrogens with one attached hydrogen (secondary N) is 2. The van der Waals surface area contributed by atoms with Gasteiger partial charge in [-0.3, -0.25) is 4.99 Å². The van der Waals surface area contributed by atoms with Gasteiger partial charge in [0.1, 0.15) is 12.0 Å². The maximum Gasteiger partial charge on any atom is 0.191 e. The summed E-state index contributed by atoms with van der Waals surface area (Å²) in [7, 11) is 1.78. The van der Waals surface area contributed by atoms with Gasteiger partial charge in [0.15, 0.2) is 5.96 Å². The number of nitrogens with zero attached hydrogens (tertiary/aromatic N) is 2. The summed E-state index contributed by atoms with van der Waals surface area (Å²) < 4.78 is 10.6. The summed E-state index contributed by atoms with van der Waals surface area (Å²) in [4.78, 5) is 4.28. The zero-order valence-electron chi connectivity index (χ0n) is 12.6. The van der Waals surface area contributed by atoms with Gasteiger partial charge < -0.3 is 19.9 Å². The number of aromatic nitrogens is 1. The summed E-state index contributed by atoms with van der Waals surface area (Å²) in [5.74, 6) is 1.40. The lowest BCUT2D eigenvalue weighted by Crippen LogP contribution is -2.67. The van der Waals surface area contributed by atoms with Gasteiger partial charge in [0.25, 0.3) is 0 Å². The summed E-state index contributed by atoms with van der Waals surface area (Å²) >= 11 is 0. The van der Waals surface area contributed by atoms with E-state index in [0.717, 1.165) is 24.7 Å². The maximum absolute atomic E-state index is 5.81. The molecule has 6 nitrogen and oxygen atoms in total. The van der Waals surface area contributed by atoms with Crippen molar-refractivity contribution < 1.29 is 9.26 Å². The first-order valence-electron chi connectivity index (χ1n) is 7.11. The van der Waals surface area contributed by atoms with Crippen LogP contribution in [0.25, 0.3) is 0 Å². The molecule has 2 aliphatic rings. The van der Waals surface area contributed by atoms with Crippen LogP contribution in [-0.2, 0) is 11.3 Å². The van der Waals surface area contributed by atoms with Gasteiger partial charge in [-0.25, -0.2) is 0 Å². The molecule has 0 amide bonds. The Kier molecular flexibility index (Phi) is 5.13. The molecule has 1 saturated carbocycles. The van der Waals surface area contributed by atoms with Crippen LogP contribution < -0.4 is 10.6 Å². The second kappa shape index (κ2) is 6.51. The first-order chi connectivity index (χ1) is 9.63. The molecule has 1 aliphatic carbocycles. The van der Waals surface area contributed by atoms with Crippen LogP contribution >= 0.6 is 24.0 Å². The fraction of sp³-hybridized carbons (Fsp3) is 0.714. The Labute approximate surface area is 142 Å². The Morgan fingerprint density at radius 1 is 1.52 bits per heavy atom. The Balaban J connectivity index is 0.00000161. The van der Waals surface area contributed by atoms with E-state index in [2.05, 4.69) is 34.6 Å². The van der Waals surface area contributed by atoms with Gasteiger partial charge in [-0.2, -0.15) is 0 Å². The molecular weight excluding hydrogens is 383 g/mol. The van der Waals surface area contributed by atoms with Crippen molar-refractivity contribution in [3.05, 3.63) is 18.0 Å². The summed E-state index contributed by atoms with van der Waals surface area (Å²) in [6, 6.07) is 2.24. The molecule has 1 aromatic heterocycles. The minimum Gasteiger partial charge on any atom is -0.377 e. The van der Waals surface area contributed by atoms with Gasteiger partial charge in [-0.1, -0.05) is 19.0 Å². The highest BCUT2D eigenvalue weighted by atomic mass is 127. The number of guanidine groups is 1. The normalized spacial score (nSPS) is 30.0. The predicted octanol–water partition coefficient (Wildman–Crippen LogP) is 1.77. The second-order valence-corrected chi connectivity index (χ2v) is 6.10. The molecule has 0 radical (unpaired) electrons. The number of rotatable bonds is 3. The molecule has 3 rings (SSSR count). The molecule has 118 valence electrons. The molecule has 2 N–H and O–H groups in total. The third-order valence-electron chi connectivity index (χ3n) is 4.54. The van der Waals surface area contributed by atoms with Crippen molar-refractivity contribution in [1.29, 1.82) is 0 Å². The number of aliphatic imine (C=N–C) groups is 1. The van der Waals surface area contributed by atoms with Crippen molar-refractivity contribution >= 4 is 29.9 Å². The Hall–Kier alpha value is -0.830. The molecule has 0 bridgehead atoms. The zero-order chi connectivity index (χ0) is 14.2. The highest BCUT2D eigenvalue weighted by Gasteiger charge is 2.59. The minimum atomic E-state index is 0. The Morgan fingerprint density at radius 2 is 2.33 bits per heavy atom. The van der Waals surface area contributed by atoms with Crippen LogP contribution in [-0.4, -0.2) is 36.9 Å². The zero-order valence-corrected chi connectivity index (χ0v) is 15.0. The molecule has 3 unspecified atom stereocenters. The largest absolute Gasteiger partial charge is 0.377 e. The average molecular weight is 406 g/mol. The molecule has 2 heterocycles. The van der Waals surface area contributed by atoms with Crippen molar-refractivity contribution in [1.82, 2.24) is 15.8 Å². The van der Waals surface area contributed by atoms with Crippen LogP contribution in [0.4, 0.5) is 0 Å². The van der Waals surface area contributed by atoms with Gasteiger partial charge in [0.05, 0.1) is 12.6 Å². The molecule has 1 aliphatic heterocycles. The second-order valence-electron chi connectivity index (χ2n) is 6.10. The van der Waals surface area contributed by atoms with Gasteiger partial charge in [0.2, 0.25) is 0 Å². The number of hydrogen-bond acceptors (Lipinski definition) is 4. The van der Waals surface area contributed by atoms with Crippen molar-refractivity contribution in [3.8, 4) is 0 Å². The van der Waals surface area contributed by atoms with Crippen molar-refractivity contribution in [3.63, 3.8) is 0 Å². The quantitative estimate of drug-likeness (QED) is 0.455. The number of hydrogen-bond donors (Lipinski definition) is 2. The van der Waals surface area contributed by atoms with Gasteiger partial charge in [-0.05, 0) is 6.42 Å². The lowest BCUT2D eigenvalue weighted by molar-refractivity contribution is -0.106. The molecule has 21 heavy (non-hydrogen) atoms. The van der Waals surface area contributed by atoms with E-state index in [4.69, 9.17) is 9.26 Å². The molecule has 1 saturated heterocycles. The van der Waals surface area contributed by atoms with Crippen LogP contribution in [0.3, 0.4) is 0 Å². The Morgan fingerprint density at radius 3 is 3.00 bits per heavy atom. The van der Waals surface area contributed by atoms with E-state index in [1.807, 2.05) is 6.07 Å². The van der Waals surface area contributed by atoms with Gasteiger partial charge in [0, 0.05) is 37.1 Å². The first-order valence-corrected chi connectivity index (χ1v) is 7.11. The summed E-state index contributed by atoms with van der Waals surface area (Å²) in [6.45, 7) is 5.99. The molecule has 0 aromatic carbocycles.